The second kappa shape index (κ2) is 5.55. The average molecular weight is 262 g/mol. The third-order valence-corrected chi connectivity index (χ3v) is 3.42. The molecule has 2 aromatic rings. The van der Waals surface area contributed by atoms with Crippen molar-refractivity contribution >= 4 is 22.9 Å². The number of amides is 1. The Morgan fingerprint density at radius 3 is 2.78 bits per heavy atom. The van der Waals surface area contributed by atoms with Crippen molar-refractivity contribution in [1.29, 1.82) is 0 Å². The first-order chi connectivity index (χ1) is 8.68. The van der Waals surface area contributed by atoms with Crippen LogP contribution in [-0.2, 0) is 6.42 Å². The van der Waals surface area contributed by atoms with Gasteiger partial charge in [-0.2, -0.15) is 0 Å². The highest BCUT2D eigenvalue weighted by molar-refractivity contribution is 7.09. The van der Waals surface area contributed by atoms with Crippen LogP contribution < -0.4 is 16.2 Å². The van der Waals surface area contributed by atoms with Gasteiger partial charge in [-0.05, 0) is 23.6 Å². The molecule has 2 rings (SSSR count). The van der Waals surface area contributed by atoms with Gasteiger partial charge in [-0.1, -0.05) is 12.1 Å². The molecule has 94 valence electrons. The van der Waals surface area contributed by atoms with E-state index >= 15 is 0 Å². The van der Waals surface area contributed by atoms with Gasteiger partial charge in [0.1, 0.15) is 0 Å². The summed E-state index contributed by atoms with van der Waals surface area (Å²) in [5.74, 6) is -0.157. The Bertz CT molecular complexity index is 538. The fraction of sp³-hybridized carbons (Fsp3) is 0.154. The Morgan fingerprint density at radius 1 is 1.28 bits per heavy atom. The highest BCUT2D eigenvalue weighted by Gasteiger charge is 2.12. The van der Waals surface area contributed by atoms with Crippen LogP contribution >= 0.6 is 11.3 Å². The Hall–Kier alpha value is -2.01. The van der Waals surface area contributed by atoms with Gasteiger partial charge in [0.05, 0.1) is 17.9 Å². The van der Waals surface area contributed by atoms with E-state index in [0.29, 0.717) is 23.6 Å². The fourth-order valence-electron chi connectivity index (χ4n) is 1.62. The summed E-state index contributed by atoms with van der Waals surface area (Å²) in [6.45, 7) is 0.467. The number of thiophene rings is 1. The molecule has 0 spiro atoms. The zero-order valence-corrected chi connectivity index (χ0v) is 10.6. The smallest absolute Gasteiger partial charge is 0.252 e. The van der Waals surface area contributed by atoms with Crippen molar-refractivity contribution in [3.8, 4) is 5.75 Å². The second-order valence-electron chi connectivity index (χ2n) is 3.77. The molecule has 18 heavy (non-hydrogen) atoms. The zero-order chi connectivity index (χ0) is 13.0. The van der Waals surface area contributed by atoms with Gasteiger partial charge >= 0.3 is 0 Å². The van der Waals surface area contributed by atoms with Crippen molar-refractivity contribution in [1.82, 2.24) is 0 Å². The number of para-hydroxylation sites is 1. The van der Waals surface area contributed by atoms with Crippen LogP contribution in [0.1, 0.15) is 15.2 Å². The molecule has 1 heterocycles. The SMILES string of the molecule is NC(=O)c1cccc(N)c1OCCc1cccs1. The molecule has 0 aliphatic heterocycles. The maximum absolute atomic E-state index is 11.3. The lowest BCUT2D eigenvalue weighted by atomic mass is 10.1. The molecule has 4 N–H and O–H groups in total. The number of ether oxygens (including phenoxy) is 1. The number of rotatable bonds is 5. The summed E-state index contributed by atoms with van der Waals surface area (Å²) in [6.07, 6.45) is 0.782. The van der Waals surface area contributed by atoms with Gasteiger partial charge < -0.3 is 16.2 Å². The maximum Gasteiger partial charge on any atom is 0.252 e. The molecule has 0 aliphatic rings. The number of hydrogen-bond donors (Lipinski definition) is 2. The van der Waals surface area contributed by atoms with Crippen LogP contribution in [0.5, 0.6) is 5.75 Å². The molecule has 0 atom stereocenters. The first kappa shape index (κ1) is 12.4. The molecule has 1 amide bonds. The number of benzene rings is 1. The van der Waals surface area contributed by atoms with Gasteiger partial charge in [-0.3, -0.25) is 4.79 Å². The van der Waals surface area contributed by atoms with Crippen molar-refractivity contribution in [2.45, 2.75) is 6.42 Å². The molecule has 0 saturated carbocycles. The Labute approximate surface area is 109 Å². The van der Waals surface area contributed by atoms with Crippen LogP contribution in [0, 0.1) is 0 Å². The lowest BCUT2D eigenvalue weighted by Gasteiger charge is -2.11. The molecule has 4 nitrogen and oxygen atoms in total. The number of hydrogen-bond acceptors (Lipinski definition) is 4. The number of nitrogens with two attached hydrogens (primary N) is 2. The molecule has 0 unspecified atom stereocenters. The highest BCUT2D eigenvalue weighted by Crippen LogP contribution is 2.26. The number of primary amides is 1. The lowest BCUT2D eigenvalue weighted by molar-refractivity contribution is 0.0996. The number of anilines is 1. The molecular weight excluding hydrogens is 248 g/mol. The molecule has 5 heteroatoms. The van der Waals surface area contributed by atoms with E-state index in [4.69, 9.17) is 16.2 Å². The van der Waals surface area contributed by atoms with Gasteiger partial charge in [0.25, 0.3) is 5.91 Å². The van der Waals surface area contributed by atoms with Crippen molar-refractivity contribution in [2.75, 3.05) is 12.3 Å². The van der Waals surface area contributed by atoms with Crippen molar-refractivity contribution in [2.24, 2.45) is 5.73 Å². The largest absolute Gasteiger partial charge is 0.490 e. The van der Waals surface area contributed by atoms with Gasteiger partial charge in [-0.15, -0.1) is 11.3 Å². The second-order valence-corrected chi connectivity index (χ2v) is 4.80. The normalized spacial score (nSPS) is 10.2. The van der Waals surface area contributed by atoms with Crippen molar-refractivity contribution in [3.63, 3.8) is 0 Å². The Morgan fingerprint density at radius 2 is 2.11 bits per heavy atom. The molecule has 0 saturated heterocycles. The van der Waals surface area contributed by atoms with Crippen LogP contribution in [0.2, 0.25) is 0 Å². The van der Waals surface area contributed by atoms with Gasteiger partial charge in [-0.25, -0.2) is 0 Å². The molecule has 0 bridgehead atoms. The van der Waals surface area contributed by atoms with E-state index in [1.807, 2.05) is 17.5 Å². The summed E-state index contributed by atoms with van der Waals surface area (Å²) >= 11 is 1.67. The van der Waals surface area contributed by atoms with E-state index in [2.05, 4.69) is 0 Å². The van der Waals surface area contributed by atoms with Crippen LogP contribution in [0.25, 0.3) is 0 Å². The predicted molar refractivity (Wildman–Crippen MR) is 72.9 cm³/mol. The van der Waals surface area contributed by atoms with Crippen molar-refractivity contribution in [3.05, 3.63) is 46.2 Å². The van der Waals surface area contributed by atoms with Gasteiger partial charge in [0.2, 0.25) is 0 Å². The summed E-state index contributed by atoms with van der Waals surface area (Å²) in [7, 11) is 0. The Kier molecular flexibility index (Phi) is 3.84. The molecule has 1 aromatic carbocycles. The number of carbonyl (C=O) groups excluding carboxylic acids is 1. The standard InChI is InChI=1S/C13H14N2O2S/c14-11-5-1-4-10(13(15)16)12(11)17-7-6-9-3-2-8-18-9/h1-5,8H,6-7,14H2,(H2,15,16). The van der Waals surface area contributed by atoms with E-state index in [1.54, 1.807) is 29.5 Å². The van der Waals surface area contributed by atoms with E-state index in [0.717, 1.165) is 6.42 Å². The van der Waals surface area contributed by atoms with Crippen molar-refractivity contribution < 1.29 is 9.53 Å². The summed E-state index contributed by atoms with van der Waals surface area (Å²) in [4.78, 5) is 12.5. The van der Waals surface area contributed by atoms with Crippen LogP contribution in [0.3, 0.4) is 0 Å². The minimum absolute atomic E-state index is 0.321. The molecule has 0 fully saturated rings. The third-order valence-electron chi connectivity index (χ3n) is 2.49. The van der Waals surface area contributed by atoms with E-state index < -0.39 is 5.91 Å². The summed E-state index contributed by atoms with van der Waals surface area (Å²) < 4.78 is 5.58. The minimum atomic E-state index is -0.534. The number of nitrogen functional groups attached to an aromatic ring is 1. The quantitative estimate of drug-likeness (QED) is 0.809. The average Bonchev–Trinajstić information content (AvgIpc) is 2.84. The van der Waals surface area contributed by atoms with E-state index in [9.17, 15) is 4.79 Å². The topological polar surface area (TPSA) is 78.3 Å². The van der Waals surface area contributed by atoms with E-state index in [1.165, 1.54) is 4.88 Å². The zero-order valence-electron chi connectivity index (χ0n) is 9.76. The predicted octanol–water partition coefficient (Wildman–Crippen LogP) is 2.05. The third kappa shape index (κ3) is 2.81. The van der Waals surface area contributed by atoms with Gasteiger partial charge in [0, 0.05) is 11.3 Å². The molecule has 0 radical (unpaired) electrons. The molecule has 1 aromatic heterocycles. The van der Waals surface area contributed by atoms with Crippen LogP contribution in [-0.4, -0.2) is 12.5 Å². The maximum atomic E-state index is 11.3. The molecule has 0 aliphatic carbocycles. The van der Waals surface area contributed by atoms with Crippen LogP contribution in [0.4, 0.5) is 5.69 Å². The summed E-state index contributed by atoms with van der Waals surface area (Å²) in [5.41, 5.74) is 11.8. The summed E-state index contributed by atoms with van der Waals surface area (Å²) in [6, 6.07) is 9.01. The first-order valence-electron chi connectivity index (χ1n) is 5.52. The first-order valence-corrected chi connectivity index (χ1v) is 6.40. The Balaban J connectivity index is 2.06. The molecular formula is C13H14N2O2S. The lowest BCUT2D eigenvalue weighted by Crippen LogP contribution is -2.14. The monoisotopic (exact) mass is 262 g/mol. The van der Waals surface area contributed by atoms with Gasteiger partial charge in [0.15, 0.2) is 5.75 Å². The summed E-state index contributed by atoms with van der Waals surface area (Å²) in [5, 5.41) is 2.01. The highest BCUT2D eigenvalue weighted by atomic mass is 32.1. The minimum Gasteiger partial charge on any atom is -0.490 e. The number of carbonyl (C=O) groups is 1. The fourth-order valence-corrected chi connectivity index (χ4v) is 2.31. The van der Waals surface area contributed by atoms with E-state index in [-0.39, 0.29) is 0 Å². The van der Waals surface area contributed by atoms with Crippen LogP contribution in [0.15, 0.2) is 35.7 Å².